The van der Waals surface area contributed by atoms with E-state index >= 15 is 0 Å². The monoisotopic (exact) mass is 364 g/mol. The third-order valence-corrected chi connectivity index (χ3v) is 5.11. The van der Waals surface area contributed by atoms with Gasteiger partial charge < -0.3 is 0 Å². The van der Waals surface area contributed by atoms with Crippen LogP contribution >= 0.6 is 31.9 Å². The summed E-state index contributed by atoms with van der Waals surface area (Å²) in [6.07, 6.45) is 3.80. The molecule has 2 aromatic rings. The Morgan fingerprint density at radius 3 is 2.50 bits per heavy atom. The highest BCUT2D eigenvalue weighted by atomic mass is 79.9. The molecule has 0 saturated heterocycles. The average molecular weight is 366 g/mol. The number of hydrogen-bond acceptors (Lipinski definition) is 0. The van der Waals surface area contributed by atoms with Gasteiger partial charge in [0.15, 0.2) is 0 Å². The van der Waals surface area contributed by atoms with Crippen molar-refractivity contribution >= 4 is 31.9 Å². The number of benzene rings is 2. The summed E-state index contributed by atoms with van der Waals surface area (Å²) in [6.45, 7) is 0. The lowest BCUT2D eigenvalue weighted by Gasteiger charge is -2.13. The van der Waals surface area contributed by atoms with E-state index in [4.69, 9.17) is 0 Å². The van der Waals surface area contributed by atoms with Gasteiger partial charge in [-0.2, -0.15) is 0 Å². The maximum atomic E-state index is 3.82. The average Bonchev–Trinajstić information content (AvgIpc) is 2.85. The highest BCUT2D eigenvalue weighted by molar-refractivity contribution is 9.10. The van der Waals surface area contributed by atoms with Crippen LogP contribution in [0.3, 0.4) is 0 Å². The Kier molecular flexibility index (Phi) is 3.58. The van der Waals surface area contributed by atoms with Crippen LogP contribution < -0.4 is 0 Å². The summed E-state index contributed by atoms with van der Waals surface area (Å²) >= 11 is 7.35. The summed E-state index contributed by atoms with van der Waals surface area (Å²) in [7, 11) is 0. The molecule has 2 aromatic carbocycles. The largest absolute Gasteiger partial charge is 0.0786 e. The molecule has 1 unspecified atom stereocenters. The Morgan fingerprint density at radius 1 is 0.889 bits per heavy atom. The zero-order valence-corrected chi connectivity index (χ0v) is 13.2. The lowest BCUT2D eigenvalue weighted by molar-refractivity contribution is 0.911. The zero-order valence-electron chi connectivity index (χ0n) is 10.00. The van der Waals surface area contributed by atoms with Gasteiger partial charge in [0.05, 0.1) is 4.83 Å². The van der Waals surface area contributed by atoms with E-state index < -0.39 is 0 Å². The molecule has 1 aliphatic rings. The Hall–Kier alpha value is -0.600. The van der Waals surface area contributed by atoms with Gasteiger partial charge in [-0.25, -0.2) is 0 Å². The van der Waals surface area contributed by atoms with Crippen molar-refractivity contribution < 1.29 is 0 Å². The van der Waals surface area contributed by atoms with Crippen LogP contribution in [0.5, 0.6) is 0 Å². The van der Waals surface area contributed by atoms with Crippen molar-refractivity contribution in [1.29, 1.82) is 0 Å². The van der Waals surface area contributed by atoms with E-state index in [9.17, 15) is 0 Å². The first-order chi connectivity index (χ1) is 8.74. The van der Waals surface area contributed by atoms with Crippen LogP contribution in [0.1, 0.15) is 33.5 Å². The van der Waals surface area contributed by atoms with Crippen LogP contribution in [0.2, 0.25) is 0 Å². The molecule has 1 aliphatic carbocycles. The molecule has 0 bridgehead atoms. The molecule has 0 radical (unpaired) electrons. The lowest BCUT2D eigenvalue weighted by Crippen LogP contribution is -1.94. The first kappa shape index (κ1) is 12.4. The lowest BCUT2D eigenvalue weighted by atomic mass is 10.0. The van der Waals surface area contributed by atoms with Crippen LogP contribution in [0.4, 0.5) is 0 Å². The predicted octanol–water partition coefficient (Wildman–Crippen LogP) is 5.42. The van der Waals surface area contributed by atoms with E-state index in [1.165, 1.54) is 41.5 Å². The minimum Gasteiger partial charge on any atom is -0.0786 e. The van der Waals surface area contributed by atoms with Crippen LogP contribution in [0, 0.1) is 0 Å². The number of aryl methyl sites for hydroxylation is 2. The standard InChI is InChI=1S/C16H14Br2/c17-15-6-2-5-13(10-15)16(18)14-8-7-11-3-1-4-12(11)9-14/h2,5-10,16H,1,3-4H2. The van der Waals surface area contributed by atoms with E-state index in [0.717, 1.165) is 4.47 Å². The van der Waals surface area contributed by atoms with Gasteiger partial charge in [0.1, 0.15) is 0 Å². The fourth-order valence-corrected chi connectivity index (χ4v) is 3.59. The summed E-state index contributed by atoms with van der Waals surface area (Å²) in [5.74, 6) is 0. The predicted molar refractivity (Wildman–Crippen MR) is 83.4 cm³/mol. The Bertz CT molecular complexity index is 575. The molecule has 3 rings (SSSR count). The SMILES string of the molecule is Brc1cccc(C(Br)c2ccc3c(c2)CCC3)c1. The second-order valence-electron chi connectivity index (χ2n) is 4.80. The summed E-state index contributed by atoms with van der Waals surface area (Å²) in [5, 5.41) is 0. The fraction of sp³-hybridized carbons (Fsp3) is 0.250. The molecule has 0 heterocycles. The van der Waals surface area contributed by atoms with Gasteiger partial charge in [-0.05, 0) is 53.6 Å². The molecule has 0 saturated carbocycles. The third-order valence-electron chi connectivity index (χ3n) is 3.56. The second-order valence-corrected chi connectivity index (χ2v) is 6.63. The highest BCUT2D eigenvalue weighted by Gasteiger charge is 2.15. The van der Waals surface area contributed by atoms with Gasteiger partial charge in [-0.3, -0.25) is 0 Å². The van der Waals surface area contributed by atoms with Gasteiger partial charge >= 0.3 is 0 Å². The summed E-state index contributed by atoms with van der Waals surface area (Å²) < 4.78 is 1.13. The first-order valence-corrected chi connectivity index (χ1v) is 7.96. The molecule has 2 heteroatoms. The molecule has 0 aromatic heterocycles. The number of rotatable bonds is 2. The van der Waals surface area contributed by atoms with Crippen LogP contribution in [-0.4, -0.2) is 0 Å². The smallest absolute Gasteiger partial charge is 0.0645 e. The van der Waals surface area contributed by atoms with E-state index in [1.54, 1.807) is 0 Å². The maximum absolute atomic E-state index is 3.82. The normalized spacial score (nSPS) is 15.4. The van der Waals surface area contributed by atoms with Crippen molar-refractivity contribution in [1.82, 2.24) is 0 Å². The van der Waals surface area contributed by atoms with Gasteiger partial charge in [0, 0.05) is 4.47 Å². The molecule has 0 N–H and O–H groups in total. The number of halogens is 2. The summed E-state index contributed by atoms with van der Waals surface area (Å²) in [4.78, 5) is 0.279. The second kappa shape index (κ2) is 5.18. The van der Waals surface area contributed by atoms with E-state index in [2.05, 4.69) is 74.3 Å². The van der Waals surface area contributed by atoms with Crippen molar-refractivity contribution in [2.24, 2.45) is 0 Å². The minimum absolute atomic E-state index is 0.279. The fourth-order valence-electron chi connectivity index (χ4n) is 2.61. The van der Waals surface area contributed by atoms with Gasteiger partial charge in [-0.15, -0.1) is 0 Å². The quantitative estimate of drug-likeness (QED) is 0.623. The Labute approximate surface area is 125 Å². The van der Waals surface area contributed by atoms with Crippen molar-refractivity contribution in [3.05, 3.63) is 69.2 Å². The minimum atomic E-state index is 0.279. The third kappa shape index (κ3) is 2.41. The van der Waals surface area contributed by atoms with Crippen molar-refractivity contribution in [3.63, 3.8) is 0 Å². The summed E-state index contributed by atoms with van der Waals surface area (Å²) in [5.41, 5.74) is 5.72. The number of hydrogen-bond donors (Lipinski definition) is 0. The van der Waals surface area contributed by atoms with Crippen molar-refractivity contribution in [2.45, 2.75) is 24.1 Å². The van der Waals surface area contributed by atoms with E-state index in [-0.39, 0.29) is 4.83 Å². The highest BCUT2D eigenvalue weighted by Crippen LogP contribution is 2.34. The molecule has 92 valence electrons. The zero-order chi connectivity index (χ0) is 12.5. The molecule has 0 amide bonds. The molecule has 0 nitrogen and oxygen atoms in total. The van der Waals surface area contributed by atoms with Crippen LogP contribution in [0.15, 0.2) is 46.9 Å². The van der Waals surface area contributed by atoms with Gasteiger partial charge in [0.25, 0.3) is 0 Å². The van der Waals surface area contributed by atoms with Crippen molar-refractivity contribution in [3.8, 4) is 0 Å². The Balaban J connectivity index is 1.95. The van der Waals surface area contributed by atoms with E-state index in [1.807, 2.05) is 0 Å². The molecule has 0 fully saturated rings. The molecule has 1 atom stereocenters. The molecule has 0 aliphatic heterocycles. The van der Waals surface area contributed by atoms with Crippen LogP contribution in [0.25, 0.3) is 0 Å². The summed E-state index contributed by atoms with van der Waals surface area (Å²) in [6, 6.07) is 15.4. The molecule has 0 spiro atoms. The number of fused-ring (bicyclic) bond motifs is 1. The topological polar surface area (TPSA) is 0 Å². The van der Waals surface area contributed by atoms with Crippen molar-refractivity contribution in [2.75, 3.05) is 0 Å². The molecular formula is C16H14Br2. The van der Waals surface area contributed by atoms with Gasteiger partial charge in [-0.1, -0.05) is 62.2 Å². The van der Waals surface area contributed by atoms with Gasteiger partial charge in [0.2, 0.25) is 0 Å². The Morgan fingerprint density at radius 2 is 1.67 bits per heavy atom. The maximum Gasteiger partial charge on any atom is 0.0645 e. The molecular weight excluding hydrogens is 352 g/mol. The first-order valence-electron chi connectivity index (χ1n) is 6.25. The molecule has 18 heavy (non-hydrogen) atoms. The number of alkyl halides is 1. The van der Waals surface area contributed by atoms with E-state index in [0.29, 0.717) is 0 Å². The van der Waals surface area contributed by atoms with Crippen LogP contribution in [-0.2, 0) is 12.8 Å².